The van der Waals surface area contributed by atoms with E-state index in [0.29, 0.717) is 17.7 Å². The van der Waals surface area contributed by atoms with E-state index < -0.39 is 17.3 Å². The molecular weight excluding hydrogens is 335 g/mol. The Kier molecular flexibility index (Phi) is 3.27. The Bertz CT molecular complexity index is 868. The van der Waals surface area contributed by atoms with Crippen LogP contribution in [0.3, 0.4) is 0 Å². The predicted octanol–water partition coefficient (Wildman–Crippen LogP) is 3.30. The highest BCUT2D eigenvalue weighted by molar-refractivity contribution is 5.59. The van der Waals surface area contributed by atoms with Crippen LogP contribution in [0, 0.1) is 11.3 Å². The van der Waals surface area contributed by atoms with Crippen molar-refractivity contribution in [1.82, 2.24) is 9.88 Å². The summed E-state index contributed by atoms with van der Waals surface area (Å²) in [7, 11) is 0. The number of nitriles is 1. The van der Waals surface area contributed by atoms with Crippen molar-refractivity contribution in [2.75, 3.05) is 6.54 Å². The second kappa shape index (κ2) is 5.17. The molecule has 3 aliphatic rings. The molecule has 5 rings (SSSR count). The van der Waals surface area contributed by atoms with Crippen LogP contribution in [-0.2, 0) is 6.18 Å². The summed E-state index contributed by atoms with van der Waals surface area (Å²) in [5.41, 5.74) is -0.480. The number of halogens is 3. The first-order valence-electron chi connectivity index (χ1n) is 7.84. The van der Waals surface area contributed by atoms with Gasteiger partial charge < -0.3 is 15.5 Å². The van der Waals surface area contributed by atoms with E-state index in [-0.39, 0.29) is 29.4 Å². The van der Waals surface area contributed by atoms with Crippen molar-refractivity contribution in [3.63, 3.8) is 0 Å². The Balaban J connectivity index is 1.93. The van der Waals surface area contributed by atoms with Gasteiger partial charge in [0.2, 0.25) is 11.8 Å². The van der Waals surface area contributed by atoms with Crippen LogP contribution in [0.25, 0.3) is 5.69 Å². The number of hydrogen-bond acceptors (Lipinski definition) is 4. The molecule has 130 valence electrons. The first-order chi connectivity index (χ1) is 11.8. The second-order valence-electron chi connectivity index (χ2n) is 6.38. The highest BCUT2D eigenvalue weighted by Crippen LogP contribution is 2.52. The molecule has 8 heteroatoms. The fraction of sp³-hybridized carbons (Fsp3) is 0.353. The maximum absolute atomic E-state index is 13.2. The monoisotopic (exact) mass is 349 g/mol. The van der Waals surface area contributed by atoms with Crippen molar-refractivity contribution in [3.05, 3.63) is 40.5 Å². The summed E-state index contributed by atoms with van der Waals surface area (Å²) < 4.78 is 40.6. The summed E-state index contributed by atoms with van der Waals surface area (Å²) in [6, 6.07) is 4.51. The minimum absolute atomic E-state index is 0.0209. The molecule has 0 spiro atoms. The lowest BCUT2D eigenvalue weighted by Crippen LogP contribution is -2.37. The smallest absolute Gasteiger partial charge is 0.417 e. The van der Waals surface area contributed by atoms with Crippen LogP contribution in [0.1, 0.15) is 47.1 Å². The summed E-state index contributed by atoms with van der Waals surface area (Å²) in [6.45, 7) is 0.663. The van der Waals surface area contributed by atoms with Crippen LogP contribution in [0.4, 0.5) is 13.2 Å². The number of rotatable bonds is 1. The van der Waals surface area contributed by atoms with Crippen molar-refractivity contribution < 1.29 is 23.4 Å². The number of hydrogen-bond donors (Lipinski definition) is 3. The zero-order valence-corrected chi connectivity index (χ0v) is 12.9. The summed E-state index contributed by atoms with van der Waals surface area (Å²) in [5, 5.41) is 33.3. The van der Waals surface area contributed by atoms with E-state index in [0.717, 1.165) is 29.5 Å². The van der Waals surface area contributed by atoms with Crippen molar-refractivity contribution >= 4 is 0 Å². The molecule has 25 heavy (non-hydrogen) atoms. The molecule has 1 fully saturated rings. The van der Waals surface area contributed by atoms with E-state index in [1.54, 1.807) is 0 Å². The zero-order chi connectivity index (χ0) is 17.9. The Hall–Kier alpha value is -2.66. The third kappa shape index (κ3) is 2.19. The van der Waals surface area contributed by atoms with Crippen LogP contribution in [-0.4, -0.2) is 21.3 Å². The molecule has 2 atom stereocenters. The van der Waals surface area contributed by atoms with Gasteiger partial charge in [-0.2, -0.15) is 18.4 Å². The average molecular weight is 349 g/mol. The summed E-state index contributed by atoms with van der Waals surface area (Å²) in [4.78, 5) is 0. The van der Waals surface area contributed by atoms with Crippen LogP contribution in [0.2, 0.25) is 0 Å². The van der Waals surface area contributed by atoms with E-state index in [1.165, 1.54) is 12.1 Å². The normalized spacial score (nSPS) is 21.8. The number of aromatic hydroxyl groups is 2. The highest BCUT2D eigenvalue weighted by atomic mass is 19.4. The Morgan fingerprint density at radius 1 is 1.16 bits per heavy atom. The third-order valence-electron chi connectivity index (χ3n) is 5.05. The van der Waals surface area contributed by atoms with Gasteiger partial charge in [0.1, 0.15) is 0 Å². The van der Waals surface area contributed by atoms with E-state index in [4.69, 9.17) is 5.26 Å². The number of piperidine rings is 1. The van der Waals surface area contributed by atoms with Crippen molar-refractivity contribution in [2.24, 2.45) is 0 Å². The first kappa shape index (κ1) is 15.8. The molecule has 2 bridgehead atoms. The maximum Gasteiger partial charge on any atom is 0.417 e. The van der Waals surface area contributed by atoms with Gasteiger partial charge >= 0.3 is 6.18 Å². The third-order valence-corrected chi connectivity index (χ3v) is 5.05. The molecule has 1 saturated heterocycles. The van der Waals surface area contributed by atoms with E-state index in [9.17, 15) is 23.4 Å². The Labute approximate surface area is 140 Å². The predicted molar refractivity (Wildman–Crippen MR) is 81.5 cm³/mol. The quantitative estimate of drug-likeness (QED) is 0.738. The van der Waals surface area contributed by atoms with Crippen molar-refractivity contribution in [2.45, 2.75) is 31.0 Å². The van der Waals surface area contributed by atoms with Gasteiger partial charge in [-0.05, 0) is 31.0 Å². The second-order valence-corrected chi connectivity index (χ2v) is 6.38. The zero-order valence-electron chi connectivity index (χ0n) is 12.9. The molecule has 2 aliphatic heterocycles. The topological polar surface area (TPSA) is 81.2 Å². The minimum Gasteiger partial charge on any atom is -0.494 e. The van der Waals surface area contributed by atoms with Gasteiger partial charge in [0, 0.05) is 29.6 Å². The summed E-state index contributed by atoms with van der Waals surface area (Å²) in [6.07, 6.45) is -3.06. The van der Waals surface area contributed by atoms with Gasteiger partial charge in [0.15, 0.2) is 0 Å². The molecule has 0 saturated carbocycles. The van der Waals surface area contributed by atoms with E-state index in [1.807, 2.05) is 0 Å². The molecule has 1 aromatic carbocycles. The summed E-state index contributed by atoms with van der Waals surface area (Å²) in [5.74, 6) is -0.471. The number of benzene rings is 1. The Morgan fingerprint density at radius 2 is 1.88 bits per heavy atom. The molecule has 1 aliphatic carbocycles. The number of alkyl halides is 3. The lowest BCUT2D eigenvalue weighted by atomic mass is 9.78. The van der Waals surface area contributed by atoms with Crippen LogP contribution >= 0.6 is 0 Å². The lowest BCUT2D eigenvalue weighted by molar-refractivity contribution is -0.137. The molecule has 3 N–H and O–H groups in total. The van der Waals surface area contributed by atoms with Crippen LogP contribution < -0.4 is 5.32 Å². The minimum atomic E-state index is -4.71. The van der Waals surface area contributed by atoms with Gasteiger partial charge in [0.05, 0.1) is 22.9 Å². The van der Waals surface area contributed by atoms with Gasteiger partial charge in [-0.1, -0.05) is 0 Å². The van der Waals surface area contributed by atoms with Crippen LogP contribution in [0.5, 0.6) is 11.8 Å². The molecule has 0 amide bonds. The molecule has 2 aromatic rings. The van der Waals surface area contributed by atoms with Gasteiger partial charge in [-0.25, -0.2) is 0 Å². The van der Waals surface area contributed by atoms with Gasteiger partial charge in [0.25, 0.3) is 0 Å². The standard InChI is InChI=1S/C17H14F3N3O2/c18-17(19,20)11-5-10(3-1-8(11)6-21)23-15(24)13-9-2-4-12(22-7-9)14(13)16(23)25/h1,3,5,9,12,22,24-25H,2,4,7H2. The highest BCUT2D eigenvalue weighted by Gasteiger charge is 2.41. The number of nitrogens with zero attached hydrogens (tertiary/aromatic N) is 2. The van der Waals surface area contributed by atoms with Gasteiger partial charge in [-0.15, -0.1) is 0 Å². The largest absolute Gasteiger partial charge is 0.494 e. The number of nitrogens with one attached hydrogen (secondary N) is 1. The molecule has 5 nitrogen and oxygen atoms in total. The fourth-order valence-electron chi connectivity index (χ4n) is 3.93. The van der Waals surface area contributed by atoms with Crippen molar-refractivity contribution in [3.8, 4) is 23.5 Å². The van der Waals surface area contributed by atoms with Crippen molar-refractivity contribution in [1.29, 1.82) is 5.26 Å². The van der Waals surface area contributed by atoms with Crippen LogP contribution in [0.15, 0.2) is 18.2 Å². The Morgan fingerprint density at radius 3 is 2.44 bits per heavy atom. The van der Waals surface area contributed by atoms with E-state index >= 15 is 0 Å². The maximum atomic E-state index is 13.2. The SMILES string of the molecule is N#Cc1ccc(-n2c(O)c3c(c2O)C2CCC3CN2)cc1C(F)(F)F. The van der Waals surface area contributed by atoms with E-state index in [2.05, 4.69) is 5.32 Å². The molecule has 3 heterocycles. The molecule has 2 unspecified atom stereocenters. The number of fused-ring (bicyclic) bond motifs is 2. The molecular formula is C17H14F3N3O2. The number of aromatic nitrogens is 1. The summed E-state index contributed by atoms with van der Waals surface area (Å²) >= 11 is 0. The average Bonchev–Trinajstić information content (AvgIpc) is 2.88. The fourth-order valence-corrected chi connectivity index (χ4v) is 3.93. The molecule has 1 aromatic heterocycles. The first-order valence-corrected chi connectivity index (χ1v) is 7.84. The molecule has 0 radical (unpaired) electrons. The lowest BCUT2D eigenvalue weighted by Gasteiger charge is -2.36. The van der Waals surface area contributed by atoms with Gasteiger partial charge in [-0.3, -0.25) is 4.57 Å².